The van der Waals surface area contributed by atoms with E-state index in [0.29, 0.717) is 51.6 Å². The number of benzene rings is 2. The van der Waals surface area contributed by atoms with Gasteiger partial charge in [0, 0.05) is 41.8 Å². The molecule has 0 amide bonds. The molecule has 0 unspecified atom stereocenters. The molecule has 6 rings (SSSR count). The van der Waals surface area contributed by atoms with Gasteiger partial charge in [0.15, 0.2) is 0 Å². The molecule has 0 bridgehead atoms. The Balaban J connectivity index is 1.28. The van der Waals surface area contributed by atoms with Crippen molar-refractivity contribution < 1.29 is 18.9 Å². The Bertz CT molecular complexity index is 1900. The van der Waals surface area contributed by atoms with Crippen LogP contribution in [0.3, 0.4) is 0 Å². The van der Waals surface area contributed by atoms with Crippen LogP contribution in [0.15, 0.2) is 95.5 Å². The standard InChI is InChI=1S/C38H48N6O4S2Si2/c1-51(2,3)19-17-45-27-43-21-31(33-35(43)37(41-25-39-33)47-23-29-13-9-7-10-14-29)49-50-32-22-44(28-46-18-20-52(4,5)6)36-34(32)40-26-42-38(36)48-24-30-15-11-8-12-16-30/h7-16,21-22,25-26H,17-20,23-24,27-28H2,1-6H3. The molecule has 14 heteroatoms. The Morgan fingerprint density at radius 3 is 1.35 bits per heavy atom. The summed E-state index contributed by atoms with van der Waals surface area (Å²) >= 11 is 0. The second-order valence-electron chi connectivity index (χ2n) is 15.1. The first-order valence-corrected chi connectivity index (χ1v) is 27.1. The van der Waals surface area contributed by atoms with Gasteiger partial charge in [0.1, 0.15) is 61.4 Å². The van der Waals surface area contributed by atoms with Crippen LogP contribution in [0.25, 0.3) is 22.1 Å². The van der Waals surface area contributed by atoms with Crippen LogP contribution in [0.2, 0.25) is 51.4 Å². The SMILES string of the molecule is C[Si](C)(C)CCOCn1cc(SSc2cn(COCC[Si](C)(C)C)c3c(OCc4ccccc4)ncnc23)c2ncnc(OCc3ccccc3)c21. The minimum absolute atomic E-state index is 0.380. The zero-order valence-electron chi connectivity index (χ0n) is 30.9. The zero-order valence-corrected chi connectivity index (χ0v) is 34.5. The van der Waals surface area contributed by atoms with E-state index in [-0.39, 0.29) is 0 Å². The maximum absolute atomic E-state index is 6.30. The molecule has 52 heavy (non-hydrogen) atoms. The van der Waals surface area contributed by atoms with Crippen molar-refractivity contribution in [3.63, 3.8) is 0 Å². The van der Waals surface area contributed by atoms with Crippen molar-refractivity contribution in [3.05, 3.63) is 96.8 Å². The van der Waals surface area contributed by atoms with Crippen molar-refractivity contribution in [2.75, 3.05) is 13.2 Å². The highest BCUT2D eigenvalue weighted by atomic mass is 33.1. The number of rotatable bonds is 19. The van der Waals surface area contributed by atoms with E-state index in [1.165, 1.54) is 0 Å². The predicted molar refractivity (Wildman–Crippen MR) is 217 cm³/mol. The fourth-order valence-corrected chi connectivity index (χ4v) is 9.06. The normalized spacial score (nSPS) is 12.2. The smallest absolute Gasteiger partial charge is 0.242 e. The van der Waals surface area contributed by atoms with Crippen LogP contribution in [0, 0.1) is 0 Å². The third-order valence-electron chi connectivity index (χ3n) is 8.28. The van der Waals surface area contributed by atoms with E-state index in [1.807, 2.05) is 60.7 Å². The van der Waals surface area contributed by atoms with Gasteiger partial charge in [0.25, 0.3) is 0 Å². The van der Waals surface area contributed by atoms with Crippen molar-refractivity contribution in [2.45, 2.75) is 87.8 Å². The second-order valence-corrected chi connectivity index (χ2v) is 28.5. The van der Waals surface area contributed by atoms with Crippen molar-refractivity contribution in [2.24, 2.45) is 0 Å². The quantitative estimate of drug-likeness (QED) is 0.0450. The Kier molecular flexibility index (Phi) is 12.8. The largest absolute Gasteiger partial charge is 0.471 e. The predicted octanol–water partition coefficient (Wildman–Crippen LogP) is 9.76. The van der Waals surface area contributed by atoms with Gasteiger partial charge in [-0.1, -0.05) is 99.9 Å². The van der Waals surface area contributed by atoms with E-state index in [1.54, 1.807) is 34.2 Å². The maximum atomic E-state index is 6.30. The Labute approximate surface area is 316 Å². The van der Waals surface area contributed by atoms with Crippen molar-refractivity contribution in [3.8, 4) is 11.8 Å². The van der Waals surface area contributed by atoms with Gasteiger partial charge in [0.2, 0.25) is 11.8 Å². The first-order valence-electron chi connectivity index (χ1n) is 17.6. The number of aromatic nitrogens is 6. The van der Waals surface area contributed by atoms with E-state index < -0.39 is 16.1 Å². The van der Waals surface area contributed by atoms with E-state index >= 15 is 0 Å². The number of fused-ring (bicyclic) bond motifs is 2. The van der Waals surface area contributed by atoms with Crippen molar-refractivity contribution in [1.82, 2.24) is 29.1 Å². The molecule has 274 valence electrons. The lowest BCUT2D eigenvalue weighted by Gasteiger charge is -2.16. The fraction of sp³-hybridized carbons (Fsp3) is 0.368. The number of nitrogens with zero attached hydrogens (tertiary/aromatic N) is 6. The third kappa shape index (κ3) is 10.5. The molecule has 0 aliphatic carbocycles. The maximum Gasteiger partial charge on any atom is 0.242 e. The van der Waals surface area contributed by atoms with E-state index in [2.05, 4.69) is 70.8 Å². The fourth-order valence-electron chi connectivity index (χ4n) is 5.30. The average molecular weight is 773 g/mol. The van der Waals surface area contributed by atoms with E-state index in [0.717, 1.165) is 55.1 Å². The topological polar surface area (TPSA) is 98.3 Å². The summed E-state index contributed by atoms with van der Waals surface area (Å²) < 4.78 is 29.2. The molecule has 4 heterocycles. The first-order chi connectivity index (χ1) is 25.0. The molecule has 0 N–H and O–H groups in total. The molecular formula is C38H48N6O4S2Si2. The summed E-state index contributed by atoms with van der Waals surface area (Å²) in [6.45, 7) is 17.1. The van der Waals surface area contributed by atoms with Crippen LogP contribution < -0.4 is 9.47 Å². The highest BCUT2D eigenvalue weighted by molar-refractivity contribution is 8.76. The zero-order chi connectivity index (χ0) is 36.6. The molecule has 0 spiro atoms. The molecule has 6 aromatic rings. The molecule has 0 atom stereocenters. The Morgan fingerprint density at radius 2 is 0.962 bits per heavy atom. The number of ether oxygens (including phenoxy) is 4. The first kappa shape index (κ1) is 38.1. The highest BCUT2D eigenvalue weighted by Gasteiger charge is 2.22. The lowest BCUT2D eigenvalue weighted by atomic mass is 10.2. The molecule has 2 aromatic carbocycles. The molecule has 4 aromatic heterocycles. The van der Waals surface area contributed by atoms with Crippen LogP contribution in [-0.4, -0.2) is 58.4 Å². The second kappa shape index (κ2) is 17.4. The molecule has 10 nitrogen and oxygen atoms in total. The van der Waals surface area contributed by atoms with Crippen LogP contribution >= 0.6 is 21.6 Å². The lowest BCUT2D eigenvalue weighted by molar-refractivity contribution is 0.0894. The molecule has 0 aliphatic rings. The van der Waals surface area contributed by atoms with Crippen LogP contribution in [-0.2, 0) is 36.1 Å². The highest BCUT2D eigenvalue weighted by Crippen LogP contribution is 2.45. The van der Waals surface area contributed by atoms with E-state index in [9.17, 15) is 0 Å². The summed E-state index contributed by atoms with van der Waals surface area (Å²) in [5.41, 5.74) is 5.38. The summed E-state index contributed by atoms with van der Waals surface area (Å²) in [6, 6.07) is 22.4. The molecular weight excluding hydrogens is 725 g/mol. The minimum atomic E-state index is -1.24. The monoisotopic (exact) mass is 772 g/mol. The van der Waals surface area contributed by atoms with Gasteiger partial charge >= 0.3 is 0 Å². The van der Waals surface area contributed by atoms with Gasteiger partial charge in [-0.05, 0) is 44.8 Å². The van der Waals surface area contributed by atoms with Crippen LogP contribution in [0.4, 0.5) is 0 Å². The summed E-state index contributed by atoms with van der Waals surface area (Å²) in [5, 5.41) is 0. The van der Waals surface area contributed by atoms with Gasteiger partial charge < -0.3 is 28.1 Å². The van der Waals surface area contributed by atoms with Gasteiger partial charge in [-0.3, -0.25) is 0 Å². The van der Waals surface area contributed by atoms with Gasteiger partial charge in [-0.15, -0.1) is 0 Å². The van der Waals surface area contributed by atoms with Crippen LogP contribution in [0.5, 0.6) is 11.8 Å². The van der Waals surface area contributed by atoms with Crippen molar-refractivity contribution in [1.29, 1.82) is 0 Å². The third-order valence-corrected chi connectivity index (χ3v) is 14.1. The average Bonchev–Trinajstić information content (AvgIpc) is 3.67. The van der Waals surface area contributed by atoms with Gasteiger partial charge in [0.05, 0.1) is 9.79 Å². The molecule has 0 radical (unpaired) electrons. The Hall–Kier alpha value is -3.67. The summed E-state index contributed by atoms with van der Waals surface area (Å²) in [5.74, 6) is 1.05. The lowest BCUT2D eigenvalue weighted by Crippen LogP contribution is -2.22. The number of hydrogen-bond acceptors (Lipinski definition) is 10. The Morgan fingerprint density at radius 1 is 0.558 bits per heavy atom. The van der Waals surface area contributed by atoms with Gasteiger partial charge in [-0.2, -0.15) is 9.97 Å². The number of hydrogen-bond donors (Lipinski definition) is 0. The molecule has 0 saturated carbocycles. The molecule has 0 fully saturated rings. The minimum Gasteiger partial charge on any atom is -0.471 e. The summed E-state index contributed by atoms with van der Waals surface area (Å²) in [6.07, 6.45) is 7.31. The summed E-state index contributed by atoms with van der Waals surface area (Å²) in [7, 11) is 0.753. The van der Waals surface area contributed by atoms with E-state index in [4.69, 9.17) is 28.9 Å². The molecule has 0 saturated heterocycles. The van der Waals surface area contributed by atoms with Crippen molar-refractivity contribution >= 4 is 59.8 Å². The molecule has 0 aliphatic heterocycles. The summed E-state index contributed by atoms with van der Waals surface area (Å²) in [4.78, 5) is 20.6. The van der Waals surface area contributed by atoms with Gasteiger partial charge in [-0.25, -0.2) is 9.97 Å². The van der Waals surface area contributed by atoms with Crippen LogP contribution in [0.1, 0.15) is 11.1 Å².